The predicted molar refractivity (Wildman–Crippen MR) is 129 cm³/mol. The van der Waals surface area contributed by atoms with Gasteiger partial charge in [0.2, 0.25) is 0 Å². The summed E-state index contributed by atoms with van der Waals surface area (Å²) in [4.78, 5) is 24.0. The first-order chi connectivity index (χ1) is 16.0. The summed E-state index contributed by atoms with van der Waals surface area (Å²) < 4.78 is 16.4. The highest BCUT2D eigenvalue weighted by Gasteiger charge is 2.29. The lowest BCUT2D eigenvalue weighted by Gasteiger charge is -2.18. The number of carboxylic acids is 1. The van der Waals surface area contributed by atoms with Crippen LogP contribution in [0.3, 0.4) is 0 Å². The van der Waals surface area contributed by atoms with Gasteiger partial charge in [-0.2, -0.15) is 11.8 Å². The lowest BCUT2D eigenvalue weighted by atomic mass is 9.98. The molecule has 1 atom stereocenters. The molecule has 2 aromatic rings. The third kappa shape index (κ3) is 6.72. The van der Waals surface area contributed by atoms with Gasteiger partial charge in [0.15, 0.2) is 6.29 Å². The van der Waals surface area contributed by atoms with Crippen LogP contribution in [-0.4, -0.2) is 60.8 Å². The Morgan fingerprint density at radius 2 is 1.58 bits per heavy atom. The number of rotatable bonds is 13. The number of carbonyl (C=O) groups excluding carboxylic acids is 1. The van der Waals surface area contributed by atoms with Gasteiger partial charge in [0, 0.05) is 24.9 Å². The highest BCUT2D eigenvalue weighted by atomic mass is 32.2. The molecule has 3 rings (SSSR count). The van der Waals surface area contributed by atoms with Crippen LogP contribution < -0.4 is 5.32 Å². The summed E-state index contributed by atoms with van der Waals surface area (Å²) in [5.41, 5.74) is 4.49. The van der Waals surface area contributed by atoms with E-state index in [9.17, 15) is 14.7 Å². The highest BCUT2D eigenvalue weighted by Crippen LogP contribution is 2.44. The average Bonchev–Trinajstić information content (AvgIpc) is 3.13. The molecule has 178 valence electrons. The Bertz CT molecular complexity index is 885. The molecule has 1 aliphatic carbocycles. The van der Waals surface area contributed by atoms with Crippen molar-refractivity contribution in [3.05, 3.63) is 59.7 Å². The third-order valence-electron chi connectivity index (χ3n) is 5.44. The number of thioether (sulfide) groups is 1. The van der Waals surface area contributed by atoms with Crippen molar-refractivity contribution in [2.24, 2.45) is 0 Å². The molecule has 0 bridgehead atoms. The lowest BCUT2D eigenvalue weighted by Crippen LogP contribution is -2.41. The fraction of sp³-hybridized carbons (Fsp3) is 0.440. The van der Waals surface area contributed by atoms with Gasteiger partial charge in [-0.25, -0.2) is 9.59 Å². The number of hydrogen-bond acceptors (Lipinski definition) is 6. The average molecular weight is 474 g/mol. The van der Waals surface area contributed by atoms with Crippen molar-refractivity contribution in [2.75, 3.05) is 31.3 Å². The molecular formula is C25H31NO6S. The van der Waals surface area contributed by atoms with Crippen LogP contribution in [0.5, 0.6) is 0 Å². The molecule has 1 unspecified atom stereocenters. The van der Waals surface area contributed by atoms with E-state index >= 15 is 0 Å². The Morgan fingerprint density at radius 1 is 1.00 bits per heavy atom. The molecule has 1 amide bonds. The van der Waals surface area contributed by atoms with Crippen molar-refractivity contribution in [2.45, 2.75) is 38.5 Å². The number of fused-ring (bicyclic) bond motifs is 3. The maximum atomic E-state index is 12.4. The van der Waals surface area contributed by atoms with Crippen molar-refractivity contribution < 1.29 is 28.9 Å². The molecule has 2 aromatic carbocycles. The van der Waals surface area contributed by atoms with Gasteiger partial charge in [-0.1, -0.05) is 48.5 Å². The van der Waals surface area contributed by atoms with E-state index in [4.69, 9.17) is 14.2 Å². The SMILES string of the molecule is CCOC(CSCCC(NC(=O)OCC1c2ccccc2-c2ccccc21)C(=O)O)OCC. The molecule has 1 aliphatic rings. The quantitative estimate of drug-likeness (QED) is 0.327. The van der Waals surface area contributed by atoms with Crippen LogP contribution in [0.4, 0.5) is 4.79 Å². The summed E-state index contributed by atoms with van der Waals surface area (Å²) in [6.07, 6.45) is -0.769. The van der Waals surface area contributed by atoms with E-state index in [1.165, 1.54) is 11.8 Å². The number of alkyl carbamates (subject to hydrolysis) is 1. The van der Waals surface area contributed by atoms with Crippen LogP contribution in [0, 0.1) is 0 Å². The van der Waals surface area contributed by atoms with Crippen molar-refractivity contribution in [1.82, 2.24) is 5.32 Å². The van der Waals surface area contributed by atoms with E-state index in [-0.39, 0.29) is 25.2 Å². The topological polar surface area (TPSA) is 94.1 Å². The number of amides is 1. The molecule has 0 aromatic heterocycles. The molecule has 7 nitrogen and oxygen atoms in total. The van der Waals surface area contributed by atoms with E-state index < -0.39 is 18.1 Å². The first kappa shape index (κ1) is 25.1. The Labute approximate surface area is 198 Å². The van der Waals surface area contributed by atoms with Crippen molar-refractivity contribution in [1.29, 1.82) is 0 Å². The fourth-order valence-electron chi connectivity index (χ4n) is 3.94. The molecule has 0 radical (unpaired) electrons. The molecule has 33 heavy (non-hydrogen) atoms. The van der Waals surface area contributed by atoms with E-state index in [2.05, 4.69) is 17.4 Å². The molecule has 2 N–H and O–H groups in total. The van der Waals surface area contributed by atoms with Crippen LogP contribution in [0.15, 0.2) is 48.5 Å². The monoisotopic (exact) mass is 473 g/mol. The second-order valence-electron chi connectivity index (χ2n) is 7.56. The summed E-state index contributed by atoms with van der Waals surface area (Å²) in [6, 6.07) is 15.1. The first-order valence-corrected chi connectivity index (χ1v) is 12.4. The van der Waals surface area contributed by atoms with Crippen LogP contribution in [0.25, 0.3) is 11.1 Å². The molecule has 0 saturated heterocycles. The van der Waals surface area contributed by atoms with Gasteiger partial charge in [0.25, 0.3) is 0 Å². The van der Waals surface area contributed by atoms with Gasteiger partial charge >= 0.3 is 12.1 Å². The maximum absolute atomic E-state index is 12.4. The highest BCUT2D eigenvalue weighted by molar-refractivity contribution is 7.99. The number of carboxylic acid groups (broad SMARTS) is 1. The number of hydrogen-bond donors (Lipinski definition) is 2. The fourth-order valence-corrected chi connectivity index (χ4v) is 4.89. The Morgan fingerprint density at radius 3 is 2.12 bits per heavy atom. The summed E-state index contributed by atoms with van der Waals surface area (Å²) in [7, 11) is 0. The van der Waals surface area contributed by atoms with E-state index in [0.29, 0.717) is 24.7 Å². The number of nitrogens with one attached hydrogen (secondary N) is 1. The van der Waals surface area contributed by atoms with E-state index in [0.717, 1.165) is 22.3 Å². The number of aliphatic carboxylic acids is 1. The van der Waals surface area contributed by atoms with Gasteiger partial charge < -0.3 is 24.6 Å². The number of carbonyl (C=O) groups is 2. The minimum atomic E-state index is -1.09. The largest absolute Gasteiger partial charge is 0.480 e. The second kappa shape index (κ2) is 12.6. The Hall–Kier alpha value is -2.55. The molecule has 0 heterocycles. The number of benzene rings is 2. The minimum absolute atomic E-state index is 0.0731. The van der Waals surface area contributed by atoms with E-state index in [1.54, 1.807) is 0 Å². The van der Waals surface area contributed by atoms with Gasteiger partial charge in [0.05, 0.1) is 0 Å². The predicted octanol–water partition coefficient (Wildman–Crippen LogP) is 4.50. The molecule has 8 heteroatoms. The Balaban J connectivity index is 1.50. The standard InChI is InChI=1S/C25H31NO6S/c1-3-30-23(31-4-2)16-33-14-13-22(24(27)28)26-25(29)32-15-21-19-11-7-5-9-17(19)18-10-6-8-12-20(18)21/h5-12,21-23H,3-4,13-16H2,1-2H3,(H,26,29)(H,27,28). The minimum Gasteiger partial charge on any atom is -0.480 e. The lowest BCUT2D eigenvalue weighted by molar-refractivity contribution is -0.139. The first-order valence-electron chi connectivity index (χ1n) is 11.2. The van der Waals surface area contributed by atoms with Gasteiger partial charge in [-0.15, -0.1) is 0 Å². The van der Waals surface area contributed by atoms with Gasteiger partial charge in [-0.05, 0) is 48.3 Å². The number of ether oxygens (including phenoxy) is 3. The van der Waals surface area contributed by atoms with Crippen LogP contribution in [0.1, 0.15) is 37.3 Å². The zero-order chi connectivity index (χ0) is 23.6. The summed E-state index contributed by atoms with van der Waals surface area (Å²) in [6.45, 7) is 5.04. The molecule has 0 fully saturated rings. The van der Waals surface area contributed by atoms with Gasteiger partial charge in [-0.3, -0.25) is 0 Å². The van der Waals surface area contributed by atoms with Gasteiger partial charge in [0.1, 0.15) is 12.6 Å². The summed E-state index contributed by atoms with van der Waals surface area (Å²) in [5, 5.41) is 12.0. The zero-order valence-corrected chi connectivity index (χ0v) is 19.8. The van der Waals surface area contributed by atoms with Crippen molar-refractivity contribution in [3.8, 4) is 11.1 Å². The molecular weight excluding hydrogens is 442 g/mol. The summed E-state index contributed by atoms with van der Waals surface area (Å²) >= 11 is 1.53. The normalized spacial score (nSPS) is 13.4. The van der Waals surface area contributed by atoms with Crippen molar-refractivity contribution >= 4 is 23.8 Å². The van der Waals surface area contributed by atoms with Crippen LogP contribution in [0.2, 0.25) is 0 Å². The van der Waals surface area contributed by atoms with Crippen LogP contribution in [-0.2, 0) is 19.0 Å². The van der Waals surface area contributed by atoms with Crippen molar-refractivity contribution in [3.63, 3.8) is 0 Å². The third-order valence-corrected chi connectivity index (χ3v) is 6.48. The summed E-state index contributed by atoms with van der Waals surface area (Å²) in [5.74, 6) is -0.0257. The van der Waals surface area contributed by atoms with E-state index in [1.807, 2.05) is 50.2 Å². The second-order valence-corrected chi connectivity index (χ2v) is 8.71. The molecule has 0 saturated carbocycles. The van der Waals surface area contributed by atoms with Crippen LogP contribution >= 0.6 is 11.8 Å². The molecule has 0 aliphatic heterocycles. The Kier molecular flexibility index (Phi) is 9.60. The molecule has 0 spiro atoms. The zero-order valence-electron chi connectivity index (χ0n) is 19.0. The smallest absolute Gasteiger partial charge is 0.407 e. The maximum Gasteiger partial charge on any atom is 0.407 e.